The van der Waals surface area contributed by atoms with E-state index in [4.69, 9.17) is 4.74 Å². The van der Waals surface area contributed by atoms with Gasteiger partial charge in [-0.15, -0.1) is 0 Å². The number of ether oxygens (including phenoxy) is 1. The van der Waals surface area contributed by atoms with Gasteiger partial charge in [0.25, 0.3) is 5.91 Å². The molecule has 0 aliphatic rings. The lowest BCUT2D eigenvalue weighted by atomic mass is 9.91. The zero-order valence-corrected chi connectivity index (χ0v) is 17.6. The van der Waals surface area contributed by atoms with Gasteiger partial charge in [0, 0.05) is 41.1 Å². The Hall–Kier alpha value is -2.67. The summed E-state index contributed by atoms with van der Waals surface area (Å²) in [7, 11) is -3.26. The predicted molar refractivity (Wildman–Crippen MR) is 110 cm³/mol. The molecule has 1 amide bonds. The van der Waals surface area contributed by atoms with E-state index in [2.05, 4.69) is 10.3 Å². The van der Waals surface area contributed by atoms with Crippen molar-refractivity contribution in [3.63, 3.8) is 0 Å². The molecule has 0 spiro atoms. The molecule has 150 valence electrons. The predicted octanol–water partition coefficient (Wildman–Crippen LogP) is 3.85. The SMILES string of the molecule is CC(/C=C/S(C)(=O)=O)NC(=O)c1cnc(C(C)(C)C)cc1Oc1ccccc1. The molecule has 2 aromatic rings. The van der Waals surface area contributed by atoms with Gasteiger partial charge >= 0.3 is 0 Å². The Morgan fingerprint density at radius 2 is 1.86 bits per heavy atom. The topological polar surface area (TPSA) is 85.4 Å². The van der Waals surface area contributed by atoms with Gasteiger partial charge in [-0.25, -0.2) is 8.42 Å². The summed E-state index contributed by atoms with van der Waals surface area (Å²) < 4.78 is 28.4. The second-order valence-electron chi connectivity index (χ2n) is 7.65. The molecule has 1 unspecified atom stereocenters. The smallest absolute Gasteiger partial charge is 0.257 e. The van der Waals surface area contributed by atoms with Crippen LogP contribution in [0.1, 0.15) is 43.7 Å². The highest BCUT2D eigenvalue weighted by molar-refractivity contribution is 7.93. The van der Waals surface area contributed by atoms with Crippen LogP contribution >= 0.6 is 0 Å². The van der Waals surface area contributed by atoms with Crippen LogP contribution in [0.4, 0.5) is 0 Å². The maximum Gasteiger partial charge on any atom is 0.257 e. The summed E-state index contributed by atoms with van der Waals surface area (Å²) in [5.41, 5.74) is 0.853. The number of amides is 1. The molecule has 0 aliphatic carbocycles. The first-order valence-electron chi connectivity index (χ1n) is 8.88. The van der Waals surface area contributed by atoms with E-state index in [1.54, 1.807) is 25.1 Å². The molecular formula is C21H26N2O4S. The maximum absolute atomic E-state index is 12.7. The van der Waals surface area contributed by atoms with Crippen molar-refractivity contribution in [3.05, 3.63) is 65.3 Å². The third-order valence-electron chi connectivity index (χ3n) is 3.82. The highest BCUT2D eigenvalue weighted by Crippen LogP contribution is 2.30. The molecule has 0 fully saturated rings. The van der Waals surface area contributed by atoms with E-state index in [1.165, 1.54) is 12.3 Å². The molecule has 2 rings (SSSR count). The molecule has 0 saturated heterocycles. The first-order chi connectivity index (χ1) is 13.0. The van der Waals surface area contributed by atoms with E-state index in [0.29, 0.717) is 11.5 Å². The number of nitrogens with zero attached hydrogens (tertiary/aromatic N) is 1. The van der Waals surface area contributed by atoms with Gasteiger partial charge in [-0.05, 0) is 19.1 Å². The second kappa shape index (κ2) is 8.56. The maximum atomic E-state index is 12.7. The molecule has 1 aromatic carbocycles. The number of hydrogen-bond donors (Lipinski definition) is 1. The van der Waals surface area contributed by atoms with Gasteiger partial charge in [0.2, 0.25) is 0 Å². The quantitative estimate of drug-likeness (QED) is 0.793. The highest BCUT2D eigenvalue weighted by Gasteiger charge is 2.21. The number of pyridine rings is 1. The Kier molecular flexibility index (Phi) is 6.61. The van der Waals surface area contributed by atoms with Crippen molar-refractivity contribution >= 4 is 15.7 Å². The van der Waals surface area contributed by atoms with Crippen LogP contribution in [0.2, 0.25) is 0 Å². The number of nitrogens with one attached hydrogen (secondary N) is 1. The fraction of sp³-hybridized carbons (Fsp3) is 0.333. The van der Waals surface area contributed by atoms with E-state index in [0.717, 1.165) is 17.4 Å². The van der Waals surface area contributed by atoms with Crippen molar-refractivity contribution in [3.8, 4) is 11.5 Å². The lowest BCUT2D eigenvalue weighted by Crippen LogP contribution is -2.31. The van der Waals surface area contributed by atoms with Crippen molar-refractivity contribution in [1.29, 1.82) is 0 Å². The lowest BCUT2D eigenvalue weighted by Gasteiger charge is -2.20. The van der Waals surface area contributed by atoms with Gasteiger partial charge in [-0.2, -0.15) is 0 Å². The molecule has 1 atom stereocenters. The number of carbonyl (C=O) groups excluding carboxylic acids is 1. The summed E-state index contributed by atoms with van der Waals surface area (Å²) in [6, 6.07) is 10.5. The van der Waals surface area contributed by atoms with Crippen LogP contribution in [0.15, 0.2) is 54.1 Å². The Morgan fingerprint density at radius 3 is 2.43 bits per heavy atom. The minimum Gasteiger partial charge on any atom is -0.456 e. The minimum absolute atomic E-state index is 0.213. The average molecular weight is 403 g/mol. The fourth-order valence-corrected chi connectivity index (χ4v) is 2.83. The molecule has 1 N–H and O–H groups in total. The Morgan fingerprint density at radius 1 is 1.21 bits per heavy atom. The van der Waals surface area contributed by atoms with Crippen LogP contribution in [-0.4, -0.2) is 31.6 Å². The van der Waals surface area contributed by atoms with Crippen LogP contribution in [0.3, 0.4) is 0 Å². The van der Waals surface area contributed by atoms with Gasteiger partial charge in [-0.3, -0.25) is 9.78 Å². The van der Waals surface area contributed by atoms with Gasteiger partial charge in [0.05, 0.1) is 0 Å². The van der Waals surface area contributed by atoms with E-state index in [-0.39, 0.29) is 11.0 Å². The number of rotatable bonds is 6. The zero-order chi connectivity index (χ0) is 20.9. The average Bonchev–Trinajstić information content (AvgIpc) is 2.59. The van der Waals surface area contributed by atoms with Crippen LogP contribution in [0.5, 0.6) is 11.5 Å². The number of hydrogen-bond acceptors (Lipinski definition) is 5. The van der Waals surface area contributed by atoms with E-state index < -0.39 is 21.8 Å². The lowest BCUT2D eigenvalue weighted by molar-refractivity contribution is 0.0944. The van der Waals surface area contributed by atoms with Crippen molar-refractivity contribution in [2.45, 2.75) is 39.2 Å². The molecule has 0 bridgehead atoms. The molecular weight excluding hydrogens is 376 g/mol. The third-order valence-corrected chi connectivity index (χ3v) is 4.47. The van der Waals surface area contributed by atoms with Crippen molar-refractivity contribution in [2.24, 2.45) is 0 Å². The van der Waals surface area contributed by atoms with Gasteiger partial charge in [-0.1, -0.05) is 45.0 Å². The van der Waals surface area contributed by atoms with Crippen LogP contribution in [0.25, 0.3) is 0 Å². The molecule has 6 nitrogen and oxygen atoms in total. The largest absolute Gasteiger partial charge is 0.456 e. The summed E-state index contributed by atoms with van der Waals surface area (Å²) in [5, 5.41) is 3.81. The summed E-state index contributed by atoms with van der Waals surface area (Å²) in [6.07, 6.45) is 4.00. The minimum atomic E-state index is -3.26. The van der Waals surface area contributed by atoms with Gasteiger partial charge in [0.1, 0.15) is 17.1 Å². The summed E-state index contributed by atoms with van der Waals surface area (Å²) >= 11 is 0. The molecule has 1 heterocycles. The molecule has 28 heavy (non-hydrogen) atoms. The molecule has 1 aromatic heterocycles. The van der Waals surface area contributed by atoms with Crippen molar-refractivity contribution in [1.82, 2.24) is 10.3 Å². The van der Waals surface area contributed by atoms with E-state index in [9.17, 15) is 13.2 Å². The molecule has 0 radical (unpaired) electrons. The van der Waals surface area contributed by atoms with Crippen molar-refractivity contribution in [2.75, 3.05) is 6.26 Å². The number of para-hydroxylation sites is 1. The normalized spacial score (nSPS) is 13.3. The second-order valence-corrected chi connectivity index (χ2v) is 9.58. The summed E-state index contributed by atoms with van der Waals surface area (Å²) in [4.78, 5) is 17.1. The standard InChI is InChI=1S/C21H26N2O4S/c1-15(11-12-28(5,25)26)23-20(24)17-14-22-19(21(2,3)4)13-18(17)27-16-9-7-6-8-10-16/h6-15H,1-5H3,(H,23,24)/b12-11+. The van der Waals surface area contributed by atoms with Crippen LogP contribution < -0.4 is 10.1 Å². The Balaban J connectivity index is 2.33. The number of sulfone groups is 1. The fourth-order valence-electron chi connectivity index (χ4n) is 2.31. The number of aromatic nitrogens is 1. The molecule has 0 aliphatic heterocycles. The first-order valence-corrected chi connectivity index (χ1v) is 10.8. The highest BCUT2D eigenvalue weighted by atomic mass is 32.2. The van der Waals surface area contributed by atoms with Crippen LogP contribution in [0, 0.1) is 0 Å². The first kappa shape index (κ1) is 21.6. The monoisotopic (exact) mass is 402 g/mol. The van der Waals surface area contributed by atoms with E-state index in [1.807, 2.05) is 39.0 Å². The van der Waals surface area contributed by atoms with Crippen molar-refractivity contribution < 1.29 is 17.9 Å². The summed E-state index contributed by atoms with van der Waals surface area (Å²) in [6.45, 7) is 7.77. The van der Waals surface area contributed by atoms with Gasteiger partial charge in [0.15, 0.2) is 9.84 Å². The molecule has 7 heteroatoms. The number of benzene rings is 1. The van der Waals surface area contributed by atoms with E-state index >= 15 is 0 Å². The molecule has 0 saturated carbocycles. The number of carbonyl (C=O) groups is 1. The van der Waals surface area contributed by atoms with Crippen LogP contribution in [-0.2, 0) is 15.3 Å². The Labute approximate surface area is 166 Å². The van der Waals surface area contributed by atoms with Gasteiger partial charge < -0.3 is 10.1 Å². The third kappa shape index (κ3) is 6.49. The Bertz CT molecular complexity index is 962. The summed E-state index contributed by atoms with van der Waals surface area (Å²) in [5.74, 6) is 0.597. The zero-order valence-electron chi connectivity index (χ0n) is 16.8.